The third kappa shape index (κ3) is 4.77. The first-order valence-corrected chi connectivity index (χ1v) is 9.97. The topological polar surface area (TPSA) is 52.6 Å². The SMILES string of the molecule is Cc1c(C)c(C(=O)OCc2ccccc2)c(C)c(CC=O)c1OCc1ccccc1. The molecule has 0 spiro atoms. The van der Waals surface area contributed by atoms with Crippen LogP contribution in [0, 0.1) is 20.8 Å². The van der Waals surface area contributed by atoms with Gasteiger partial charge >= 0.3 is 5.97 Å². The monoisotopic (exact) mass is 402 g/mol. The van der Waals surface area contributed by atoms with Crippen LogP contribution in [0.15, 0.2) is 60.7 Å². The Balaban J connectivity index is 1.90. The minimum atomic E-state index is -0.390. The van der Waals surface area contributed by atoms with Gasteiger partial charge in [0.15, 0.2) is 0 Å². The lowest BCUT2D eigenvalue weighted by atomic mass is 9.91. The van der Waals surface area contributed by atoms with Crippen LogP contribution < -0.4 is 4.74 Å². The van der Waals surface area contributed by atoms with Gasteiger partial charge in [-0.05, 0) is 48.6 Å². The van der Waals surface area contributed by atoms with Crippen LogP contribution in [0.5, 0.6) is 5.75 Å². The summed E-state index contributed by atoms with van der Waals surface area (Å²) in [6, 6.07) is 19.4. The smallest absolute Gasteiger partial charge is 0.339 e. The Morgan fingerprint density at radius 1 is 0.800 bits per heavy atom. The zero-order chi connectivity index (χ0) is 21.5. The van der Waals surface area contributed by atoms with Gasteiger partial charge in [-0.1, -0.05) is 60.7 Å². The molecular formula is C26H26O4. The van der Waals surface area contributed by atoms with E-state index in [1.54, 1.807) is 0 Å². The van der Waals surface area contributed by atoms with Gasteiger partial charge in [0, 0.05) is 12.0 Å². The molecule has 0 atom stereocenters. The Labute approximate surface area is 177 Å². The summed E-state index contributed by atoms with van der Waals surface area (Å²) in [5.41, 5.74) is 5.59. The quantitative estimate of drug-likeness (QED) is 0.379. The van der Waals surface area contributed by atoms with Crippen LogP contribution in [-0.4, -0.2) is 12.3 Å². The zero-order valence-corrected chi connectivity index (χ0v) is 17.6. The molecule has 0 heterocycles. The fourth-order valence-corrected chi connectivity index (χ4v) is 3.54. The summed E-state index contributed by atoms with van der Waals surface area (Å²) in [6.07, 6.45) is 1.02. The first-order valence-electron chi connectivity index (χ1n) is 9.97. The minimum absolute atomic E-state index is 0.177. The fraction of sp³-hybridized carbons (Fsp3) is 0.231. The van der Waals surface area contributed by atoms with Crippen LogP contribution in [0.25, 0.3) is 0 Å². The molecule has 0 unspecified atom stereocenters. The van der Waals surface area contributed by atoms with Crippen LogP contribution in [-0.2, 0) is 29.2 Å². The molecule has 0 aliphatic rings. The van der Waals surface area contributed by atoms with Crippen LogP contribution >= 0.6 is 0 Å². The van der Waals surface area contributed by atoms with Crippen molar-refractivity contribution in [2.45, 2.75) is 40.4 Å². The maximum atomic E-state index is 12.9. The van der Waals surface area contributed by atoms with Crippen LogP contribution in [0.2, 0.25) is 0 Å². The van der Waals surface area contributed by atoms with E-state index in [4.69, 9.17) is 9.47 Å². The van der Waals surface area contributed by atoms with Crippen molar-refractivity contribution in [3.63, 3.8) is 0 Å². The van der Waals surface area contributed by atoms with Gasteiger partial charge in [-0.25, -0.2) is 4.79 Å². The number of ether oxygens (including phenoxy) is 2. The zero-order valence-electron chi connectivity index (χ0n) is 17.6. The summed E-state index contributed by atoms with van der Waals surface area (Å²) < 4.78 is 11.7. The lowest BCUT2D eigenvalue weighted by Crippen LogP contribution is -2.14. The number of carbonyl (C=O) groups excluding carboxylic acids is 2. The van der Waals surface area contributed by atoms with Crippen molar-refractivity contribution < 1.29 is 19.1 Å². The first-order chi connectivity index (χ1) is 14.5. The molecule has 0 saturated carbocycles. The molecule has 4 heteroatoms. The molecule has 0 saturated heterocycles. The van der Waals surface area contributed by atoms with Gasteiger partial charge in [0.2, 0.25) is 0 Å². The molecule has 0 amide bonds. The van der Waals surface area contributed by atoms with Crippen LogP contribution in [0.1, 0.15) is 43.7 Å². The second-order valence-electron chi connectivity index (χ2n) is 7.26. The molecule has 0 radical (unpaired) electrons. The molecule has 0 fully saturated rings. The number of hydrogen-bond acceptors (Lipinski definition) is 4. The molecule has 0 bridgehead atoms. The number of hydrogen-bond donors (Lipinski definition) is 0. The highest BCUT2D eigenvalue weighted by molar-refractivity contribution is 5.94. The molecule has 3 aromatic rings. The third-order valence-corrected chi connectivity index (χ3v) is 5.31. The van der Waals surface area contributed by atoms with E-state index in [1.165, 1.54) is 0 Å². The summed E-state index contributed by atoms with van der Waals surface area (Å²) >= 11 is 0. The molecule has 30 heavy (non-hydrogen) atoms. The van der Waals surface area contributed by atoms with E-state index in [9.17, 15) is 9.59 Å². The van der Waals surface area contributed by atoms with Gasteiger partial charge < -0.3 is 14.3 Å². The maximum Gasteiger partial charge on any atom is 0.339 e. The summed E-state index contributed by atoms with van der Waals surface area (Å²) in [5.74, 6) is 0.277. The lowest BCUT2D eigenvalue weighted by Gasteiger charge is -2.21. The predicted molar refractivity (Wildman–Crippen MR) is 117 cm³/mol. The molecule has 4 nitrogen and oxygen atoms in total. The van der Waals surface area contributed by atoms with Crippen molar-refractivity contribution in [1.82, 2.24) is 0 Å². The number of esters is 1. The highest BCUT2D eigenvalue weighted by Gasteiger charge is 2.23. The van der Waals surface area contributed by atoms with Gasteiger partial charge in [-0.15, -0.1) is 0 Å². The predicted octanol–water partition coefficient (Wildman–Crippen LogP) is 5.29. The van der Waals surface area contributed by atoms with Gasteiger partial charge in [-0.2, -0.15) is 0 Å². The highest BCUT2D eigenvalue weighted by Crippen LogP contribution is 2.34. The number of carbonyl (C=O) groups is 2. The van der Waals surface area contributed by atoms with Crippen molar-refractivity contribution in [1.29, 1.82) is 0 Å². The Morgan fingerprint density at radius 3 is 1.93 bits per heavy atom. The highest BCUT2D eigenvalue weighted by atomic mass is 16.5. The van der Waals surface area contributed by atoms with E-state index < -0.39 is 5.97 Å². The molecular weight excluding hydrogens is 376 g/mol. The van der Waals surface area contributed by atoms with Crippen molar-refractivity contribution in [2.75, 3.05) is 0 Å². The average molecular weight is 402 g/mol. The van der Waals surface area contributed by atoms with Gasteiger partial charge in [0.05, 0.1) is 5.56 Å². The second kappa shape index (κ2) is 9.88. The van der Waals surface area contributed by atoms with E-state index >= 15 is 0 Å². The maximum absolute atomic E-state index is 12.9. The lowest BCUT2D eigenvalue weighted by molar-refractivity contribution is -0.107. The first kappa shape index (κ1) is 21.3. The van der Waals surface area contributed by atoms with E-state index in [0.717, 1.165) is 39.7 Å². The molecule has 0 aromatic heterocycles. The largest absolute Gasteiger partial charge is 0.488 e. The molecule has 0 aliphatic heterocycles. The Bertz CT molecular complexity index is 1020. The fourth-order valence-electron chi connectivity index (χ4n) is 3.54. The molecule has 0 aliphatic carbocycles. The van der Waals surface area contributed by atoms with Crippen LogP contribution in [0.3, 0.4) is 0 Å². The standard InChI is InChI=1S/C26H26O4/c1-18-19(2)25(29-16-21-10-6-4-7-11-21)23(14-15-27)20(3)24(18)26(28)30-17-22-12-8-5-9-13-22/h4-13,15H,14,16-17H2,1-3H3. The van der Waals surface area contributed by atoms with Crippen molar-refractivity contribution in [3.05, 3.63) is 99.6 Å². The summed E-state index contributed by atoms with van der Waals surface area (Å²) in [5, 5.41) is 0. The minimum Gasteiger partial charge on any atom is -0.488 e. The van der Waals surface area contributed by atoms with Crippen LogP contribution in [0.4, 0.5) is 0 Å². The van der Waals surface area contributed by atoms with Crippen molar-refractivity contribution >= 4 is 12.3 Å². The Morgan fingerprint density at radius 2 is 1.37 bits per heavy atom. The Hall–Kier alpha value is -3.40. The van der Waals surface area contributed by atoms with E-state index in [2.05, 4.69) is 0 Å². The van der Waals surface area contributed by atoms with E-state index in [0.29, 0.717) is 17.9 Å². The second-order valence-corrected chi connectivity index (χ2v) is 7.26. The average Bonchev–Trinajstić information content (AvgIpc) is 2.77. The van der Waals surface area contributed by atoms with Crippen molar-refractivity contribution in [2.24, 2.45) is 0 Å². The normalized spacial score (nSPS) is 10.5. The molecule has 3 rings (SSSR count). The third-order valence-electron chi connectivity index (χ3n) is 5.31. The number of aldehydes is 1. The van der Waals surface area contributed by atoms with Gasteiger partial charge in [-0.3, -0.25) is 0 Å². The van der Waals surface area contributed by atoms with Gasteiger partial charge in [0.1, 0.15) is 25.2 Å². The molecule has 154 valence electrons. The van der Waals surface area contributed by atoms with E-state index in [-0.39, 0.29) is 13.0 Å². The van der Waals surface area contributed by atoms with Crippen molar-refractivity contribution in [3.8, 4) is 5.75 Å². The molecule has 3 aromatic carbocycles. The molecule has 0 N–H and O–H groups in total. The number of rotatable bonds is 8. The van der Waals surface area contributed by atoms with E-state index in [1.807, 2.05) is 81.4 Å². The number of benzene rings is 3. The van der Waals surface area contributed by atoms with Gasteiger partial charge in [0.25, 0.3) is 0 Å². The Kier molecular flexibility index (Phi) is 7.02. The summed E-state index contributed by atoms with van der Waals surface area (Å²) in [7, 11) is 0. The summed E-state index contributed by atoms with van der Waals surface area (Å²) in [6.45, 7) is 6.25. The summed E-state index contributed by atoms with van der Waals surface area (Å²) in [4.78, 5) is 24.3.